The van der Waals surface area contributed by atoms with Crippen LogP contribution in [0.2, 0.25) is 5.02 Å². The first-order valence-electron chi connectivity index (χ1n) is 9.85. The average Bonchev–Trinajstić information content (AvgIpc) is 2.63. The van der Waals surface area contributed by atoms with Gasteiger partial charge in [-0.25, -0.2) is 0 Å². The van der Waals surface area contributed by atoms with E-state index in [9.17, 15) is 13.2 Å². The van der Waals surface area contributed by atoms with Crippen LogP contribution in [0, 0.1) is 5.92 Å². The number of benzene rings is 1. The van der Waals surface area contributed by atoms with E-state index < -0.39 is 12.7 Å². The van der Waals surface area contributed by atoms with Crippen LogP contribution in [0.15, 0.2) is 29.3 Å². The molecule has 0 aliphatic carbocycles. The zero-order valence-electron chi connectivity index (χ0n) is 17.7. The van der Waals surface area contributed by atoms with Crippen molar-refractivity contribution < 1.29 is 13.2 Å². The highest BCUT2D eigenvalue weighted by Crippen LogP contribution is 2.35. The van der Waals surface area contributed by atoms with Crippen molar-refractivity contribution in [1.29, 1.82) is 0 Å². The van der Waals surface area contributed by atoms with Crippen molar-refractivity contribution in [3.63, 3.8) is 0 Å². The van der Waals surface area contributed by atoms with E-state index in [2.05, 4.69) is 33.6 Å². The number of nitrogens with one attached hydrogen (secondary N) is 2. The summed E-state index contributed by atoms with van der Waals surface area (Å²) in [7, 11) is 5.25. The molecule has 1 aromatic carbocycles. The molecule has 1 saturated heterocycles. The van der Waals surface area contributed by atoms with Crippen LogP contribution in [0.1, 0.15) is 24.4 Å². The Morgan fingerprint density at radius 3 is 2.70 bits per heavy atom. The molecule has 172 valence electrons. The first kappa shape index (κ1) is 27.3. The molecule has 1 aliphatic heterocycles. The van der Waals surface area contributed by atoms with E-state index in [1.54, 1.807) is 7.05 Å². The SMILES string of the molecule is CN=C(NCCN(C)CC(F)(F)F)NCC1CCCN(C)C1c1cccc(Cl)c1.I. The molecule has 0 amide bonds. The van der Waals surface area contributed by atoms with Crippen LogP contribution in [0.5, 0.6) is 0 Å². The Balaban J connectivity index is 0.00000450. The molecular formula is C20H32ClF3IN5. The lowest BCUT2D eigenvalue weighted by Gasteiger charge is -2.40. The smallest absolute Gasteiger partial charge is 0.356 e. The third-order valence-corrected chi connectivity index (χ3v) is 5.42. The standard InChI is InChI=1S/C20H31ClF3N5.HI/c1-25-19(26-9-11-28(2)14-20(22,23)24)27-13-16-7-5-10-29(3)18(16)15-6-4-8-17(21)12-15;/h4,6,8,12,16,18H,5,7,9-11,13-14H2,1-3H3,(H2,25,26,27);1H. The molecule has 5 nitrogen and oxygen atoms in total. The van der Waals surface area contributed by atoms with Gasteiger partial charge in [0.15, 0.2) is 5.96 Å². The zero-order valence-corrected chi connectivity index (χ0v) is 20.8. The normalized spacial score (nSPS) is 20.7. The summed E-state index contributed by atoms with van der Waals surface area (Å²) in [6.07, 6.45) is -1.98. The summed E-state index contributed by atoms with van der Waals surface area (Å²) in [5.74, 6) is 0.974. The van der Waals surface area contributed by atoms with Crippen molar-refractivity contribution in [2.24, 2.45) is 10.9 Å². The van der Waals surface area contributed by atoms with Gasteiger partial charge in [0.05, 0.1) is 6.54 Å². The van der Waals surface area contributed by atoms with Crippen molar-refractivity contribution in [1.82, 2.24) is 20.4 Å². The second kappa shape index (κ2) is 12.9. The molecule has 0 saturated carbocycles. The van der Waals surface area contributed by atoms with Crippen molar-refractivity contribution in [3.8, 4) is 0 Å². The molecule has 30 heavy (non-hydrogen) atoms. The van der Waals surface area contributed by atoms with Gasteiger partial charge >= 0.3 is 6.18 Å². The van der Waals surface area contributed by atoms with Gasteiger partial charge in [-0.1, -0.05) is 23.7 Å². The molecule has 1 aliphatic rings. The topological polar surface area (TPSA) is 42.9 Å². The lowest BCUT2D eigenvalue weighted by Crippen LogP contribution is -2.46. The van der Waals surface area contributed by atoms with E-state index in [1.165, 1.54) is 17.5 Å². The molecule has 2 N–H and O–H groups in total. The number of alkyl halides is 3. The van der Waals surface area contributed by atoms with Gasteiger partial charge in [-0.05, 0) is 57.1 Å². The third-order valence-electron chi connectivity index (χ3n) is 5.19. The molecule has 0 spiro atoms. The quantitative estimate of drug-likeness (QED) is 0.300. The Labute approximate surface area is 199 Å². The van der Waals surface area contributed by atoms with Gasteiger partial charge in [0.25, 0.3) is 0 Å². The molecule has 2 rings (SSSR count). The highest BCUT2D eigenvalue weighted by atomic mass is 127. The molecule has 0 bridgehead atoms. The molecule has 0 radical (unpaired) electrons. The number of piperidine rings is 1. The summed E-state index contributed by atoms with van der Waals surface area (Å²) in [5, 5.41) is 7.16. The van der Waals surface area contributed by atoms with Crippen molar-refractivity contribution in [3.05, 3.63) is 34.9 Å². The third kappa shape index (κ3) is 9.15. The van der Waals surface area contributed by atoms with E-state index in [4.69, 9.17) is 11.6 Å². The van der Waals surface area contributed by atoms with Crippen LogP contribution < -0.4 is 10.6 Å². The Kier molecular flexibility index (Phi) is 11.7. The van der Waals surface area contributed by atoms with E-state index in [0.717, 1.165) is 31.0 Å². The first-order valence-corrected chi connectivity index (χ1v) is 10.2. The predicted octanol–water partition coefficient (Wildman–Crippen LogP) is 4.00. The van der Waals surface area contributed by atoms with Crippen LogP contribution in [-0.4, -0.2) is 75.8 Å². The summed E-state index contributed by atoms with van der Waals surface area (Å²) in [4.78, 5) is 7.79. The first-order chi connectivity index (χ1) is 13.7. The number of rotatable bonds is 7. The van der Waals surface area contributed by atoms with Gasteiger partial charge in [-0.2, -0.15) is 13.2 Å². The number of hydrogen-bond donors (Lipinski definition) is 2. The van der Waals surface area contributed by atoms with Crippen molar-refractivity contribution in [2.75, 3.05) is 53.9 Å². The minimum absolute atomic E-state index is 0. The van der Waals surface area contributed by atoms with E-state index in [1.807, 2.05) is 18.2 Å². The molecule has 1 aromatic rings. The molecule has 0 aromatic heterocycles. The Morgan fingerprint density at radius 2 is 2.07 bits per heavy atom. The van der Waals surface area contributed by atoms with E-state index in [-0.39, 0.29) is 36.6 Å². The Morgan fingerprint density at radius 1 is 1.33 bits per heavy atom. The number of halogens is 5. The molecule has 10 heteroatoms. The second-order valence-corrected chi connectivity index (χ2v) is 8.05. The van der Waals surface area contributed by atoms with Gasteiger partial charge in [0.2, 0.25) is 0 Å². The maximum Gasteiger partial charge on any atom is 0.401 e. The van der Waals surface area contributed by atoms with Gasteiger partial charge in [0, 0.05) is 37.7 Å². The van der Waals surface area contributed by atoms with Crippen LogP contribution in [0.4, 0.5) is 13.2 Å². The van der Waals surface area contributed by atoms with Crippen LogP contribution in [-0.2, 0) is 0 Å². The lowest BCUT2D eigenvalue weighted by atomic mass is 9.85. The average molecular weight is 562 g/mol. The predicted molar refractivity (Wildman–Crippen MR) is 128 cm³/mol. The molecule has 1 heterocycles. The summed E-state index contributed by atoms with van der Waals surface area (Å²) >= 11 is 6.19. The van der Waals surface area contributed by atoms with Crippen molar-refractivity contribution in [2.45, 2.75) is 25.1 Å². The summed E-state index contributed by atoms with van der Waals surface area (Å²) < 4.78 is 37.2. The maximum atomic E-state index is 12.4. The summed E-state index contributed by atoms with van der Waals surface area (Å²) in [5.41, 5.74) is 1.20. The molecule has 1 fully saturated rings. The van der Waals surface area contributed by atoms with Crippen LogP contribution in [0.25, 0.3) is 0 Å². The second-order valence-electron chi connectivity index (χ2n) is 7.62. The van der Waals surface area contributed by atoms with Crippen molar-refractivity contribution >= 4 is 41.5 Å². The number of guanidine groups is 1. The minimum Gasteiger partial charge on any atom is -0.356 e. The van der Waals surface area contributed by atoms with E-state index >= 15 is 0 Å². The number of aliphatic imine (C=N–C) groups is 1. The maximum absolute atomic E-state index is 12.4. The van der Waals surface area contributed by atoms with Gasteiger partial charge < -0.3 is 10.6 Å². The number of likely N-dealkylation sites (tertiary alicyclic amines) is 1. The van der Waals surface area contributed by atoms with Crippen LogP contribution >= 0.6 is 35.6 Å². The van der Waals surface area contributed by atoms with E-state index in [0.29, 0.717) is 18.4 Å². The summed E-state index contributed by atoms with van der Waals surface area (Å²) in [6.45, 7) is 1.49. The van der Waals surface area contributed by atoms with Gasteiger partial charge in [-0.3, -0.25) is 14.8 Å². The monoisotopic (exact) mass is 561 g/mol. The number of likely N-dealkylation sites (N-methyl/N-ethyl adjacent to an activating group) is 1. The highest BCUT2D eigenvalue weighted by Gasteiger charge is 2.31. The fourth-order valence-electron chi connectivity index (χ4n) is 3.89. The Bertz CT molecular complexity index is 674. The number of hydrogen-bond acceptors (Lipinski definition) is 3. The minimum atomic E-state index is -4.18. The molecule has 2 atom stereocenters. The molecule has 2 unspecified atom stereocenters. The fourth-order valence-corrected chi connectivity index (χ4v) is 4.09. The fraction of sp³-hybridized carbons (Fsp3) is 0.650. The largest absolute Gasteiger partial charge is 0.401 e. The van der Waals surface area contributed by atoms with Gasteiger partial charge in [0.1, 0.15) is 0 Å². The highest BCUT2D eigenvalue weighted by molar-refractivity contribution is 14.0. The zero-order chi connectivity index (χ0) is 21.4. The molecular weight excluding hydrogens is 530 g/mol. The van der Waals surface area contributed by atoms with Crippen LogP contribution in [0.3, 0.4) is 0 Å². The number of nitrogens with zero attached hydrogens (tertiary/aromatic N) is 3. The lowest BCUT2D eigenvalue weighted by molar-refractivity contribution is -0.142. The van der Waals surface area contributed by atoms with Gasteiger partial charge in [-0.15, -0.1) is 24.0 Å². The Hall–Kier alpha value is -0.780. The summed E-state index contributed by atoms with van der Waals surface area (Å²) in [6, 6.07) is 8.23.